The number of halogens is 4. The average Bonchev–Trinajstić information content (AvgIpc) is 2.07. The lowest BCUT2D eigenvalue weighted by Crippen LogP contribution is -2.07. The van der Waals surface area contributed by atoms with Crippen molar-refractivity contribution in [2.24, 2.45) is 0 Å². The molecule has 76 valence electrons. The Bertz CT molecular complexity index is 376. The van der Waals surface area contributed by atoms with Gasteiger partial charge in [-0.25, -0.2) is 0 Å². The Labute approximate surface area is 82.5 Å². The lowest BCUT2D eigenvalue weighted by molar-refractivity contribution is -0.137. The van der Waals surface area contributed by atoms with Crippen LogP contribution >= 0.6 is 11.6 Å². The molecule has 0 aliphatic heterocycles. The Kier molecular flexibility index (Phi) is 2.71. The monoisotopic (exact) mass is 223 g/mol. The van der Waals surface area contributed by atoms with Crippen LogP contribution in [0.2, 0.25) is 5.02 Å². The van der Waals surface area contributed by atoms with Gasteiger partial charge in [-0.15, -0.1) is 0 Å². The average molecular weight is 224 g/mol. The maximum atomic E-state index is 12.2. The van der Waals surface area contributed by atoms with Crippen LogP contribution in [-0.4, -0.2) is 6.29 Å². The number of aldehydes is 1. The van der Waals surface area contributed by atoms with Gasteiger partial charge in [0.1, 0.15) is 0 Å². The van der Waals surface area contributed by atoms with E-state index in [-0.39, 0.29) is 22.6 Å². The van der Waals surface area contributed by atoms with Crippen molar-refractivity contribution in [3.8, 4) is 0 Å². The Morgan fingerprint density at radius 2 is 1.93 bits per heavy atom. The zero-order chi connectivity index (χ0) is 10.9. The number of carbonyl (C=O) groups is 1. The van der Waals surface area contributed by atoms with E-state index in [0.29, 0.717) is 12.1 Å². The number of nitrogens with two attached hydrogens (primary N) is 1. The Morgan fingerprint density at radius 1 is 1.36 bits per heavy atom. The highest BCUT2D eigenvalue weighted by Crippen LogP contribution is 2.34. The molecular weight excluding hydrogens is 219 g/mol. The Hall–Kier alpha value is -1.23. The summed E-state index contributed by atoms with van der Waals surface area (Å²) < 4.78 is 36.6. The standard InChI is InChI=1S/C8H5ClF3NO/c9-7-4(3-14)1-5(2-6(7)13)8(10,11)12/h1-3H,13H2. The van der Waals surface area contributed by atoms with E-state index in [1.165, 1.54) is 0 Å². The lowest BCUT2D eigenvalue weighted by atomic mass is 10.1. The molecule has 0 spiro atoms. The van der Waals surface area contributed by atoms with Crippen LogP contribution in [0.1, 0.15) is 15.9 Å². The van der Waals surface area contributed by atoms with E-state index in [9.17, 15) is 18.0 Å². The molecule has 1 aromatic carbocycles. The molecule has 2 nitrogen and oxygen atoms in total. The van der Waals surface area contributed by atoms with E-state index in [1.807, 2.05) is 0 Å². The van der Waals surface area contributed by atoms with Crippen LogP contribution in [0.3, 0.4) is 0 Å². The Morgan fingerprint density at radius 3 is 2.36 bits per heavy atom. The predicted molar refractivity (Wildman–Crippen MR) is 46.3 cm³/mol. The van der Waals surface area contributed by atoms with Crippen molar-refractivity contribution in [1.29, 1.82) is 0 Å². The number of nitrogen functional groups attached to an aromatic ring is 1. The summed E-state index contributed by atoms with van der Waals surface area (Å²) in [7, 11) is 0. The Balaban J connectivity index is 3.37. The van der Waals surface area contributed by atoms with E-state index in [2.05, 4.69) is 0 Å². The van der Waals surface area contributed by atoms with E-state index in [0.717, 1.165) is 0 Å². The minimum atomic E-state index is -4.53. The van der Waals surface area contributed by atoms with E-state index in [4.69, 9.17) is 17.3 Å². The minimum Gasteiger partial charge on any atom is -0.397 e. The van der Waals surface area contributed by atoms with Crippen LogP contribution in [0.25, 0.3) is 0 Å². The zero-order valence-electron chi connectivity index (χ0n) is 6.73. The summed E-state index contributed by atoms with van der Waals surface area (Å²) in [6.45, 7) is 0. The van der Waals surface area contributed by atoms with Gasteiger partial charge in [0.05, 0.1) is 16.3 Å². The second kappa shape index (κ2) is 3.49. The molecule has 0 saturated carbocycles. The van der Waals surface area contributed by atoms with Crippen molar-refractivity contribution >= 4 is 23.6 Å². The summed E-state index contributed by atoms with van der Waals surface area (Å²) in [6.07, 6.45) is -4.30. The molecule has 6 heteroatoms. The fraction of sp³-hybridized carbons (Fsp3) is 0.125. The lowest BCUT2D eigenvalue weighted by Gasteiger charge is -2.09. The van der Waals surface area contributed by atoms with Crippen molar-refractivity contribution in [2.45, 2.75) is 6.18 Å². The maximum Gasteiger partial charge on any atom is 0.416 e. The molecule has 0 atom stereocenters. The number of anilines is 1. The first-order valence-electron chi connectivity index (χ1n) is 3.47. The molecule has 14 heavy (non-hydrogen) atoms. The highest BCUT2D eigenvalue weighted by atomic mass is 35.5. The number of carbonyl (C=O) groups excluding carboxylic acids is 1. The second-order valence-electron chi connectivity index (χ2n) is 2.58. The van der Waals surface area contributed by atoms with Crippen molar-refractivity contribution in [1.82, 2.24) is 0 Å². The van der Waals surface area contributed by atoms with Crippen LogP contribution in [0.4, 0.5) is 18.9 Å². The van der Waals surface area contributed by atoms with Crippen molar-refractivity contribution in [3.05, 3.63) is 28.3 Å². The third-order valence-electron chi connectivity index (χ3n) is 1.58. The van der Waals surface area contributed by atoms with Gasteiger partial charge in [0.2, 0.25) is 0 Å². The molecule has 0 aromatic heterocycles. The molecule has 1 aromatic rings. The molecule has 0 fully saturated rings. The second-order valence-corrected chi connectivity index (χ2v) is 2.96. The zero-order valence-corrected chi connectivity index (χ0v) is 7.49. The summed E-state index contributed by atoms with van der Waals surface area (Å²) in [5.41, 5.74) is 3.69. The quantitative estimate of drug-likeness (QED) is 0.588. The molecule has 0 amide bonds. The van der Waals surface area contributed by atoms with Gasteiger partial charge in [-0.2, -0.15) is 13.2 Å². The van der Waals surface area contributed by atoms with Gasteiger partial charge in [-0.1, -0.05) is 11.6 Å². The first-order valence-corrected chi connectivity index (χ1v) is 3.85. The highest BCUT2D eigenvalue weighted by Gasteiger charge is 2.31. The fourth-order valence-corrected chi connectivity index (χ4v) is 1.07. The van der Waals surface area contributed by atoms with Gasteiger partial charge >= 0.3 is 6.18 Å². The summed E-state index contributed by atoms with van der Waals surface area (Å²) >= 11 is 5.49. The first kappa shape index (κ1) is 10.8. The first-order chi connectivity index (χ1) is 6.36. The molecule has 0 bridgehead atoms. The number of rotatable bonds is 1. The van der Waals surface area contributed by atoms with Gasteiger partial charge in [-0.05, 0) is 12.1 Å². The SMILES string of the molecule is Nc1cc(C(F)(F)F)cc(C=O)c1Cl. The molecule has 0 unspecified atom stereocenters. The van der Waals surface area contributed by atoms with Crippen molar-refractivity contribution < 1.29 is 18.0 Å². The smallest absolute Gasteiger partial charge is 0.397 e. The molecule has 0 heterocycles. The van der Waals surface area contributed by atoms with E-state index < -0.39 is 11.7 Å². The molecule has 0 aliphatic rings. The summed E-state index contributed by atoms with van der Waals surface area (Å²) in [4.78, 5) is 10.4. The van der Waals surface area contributed by atoms with Crippen LogP contribution in [0.15, 0.2) is 12.1 Å². The van der Waals surface area contributed by atoms with E-state index >= 15 is 0 Å². The molecule has 0 saturated heterocycles. The van der Waals surface area contributed by atoms with Gasteiger partial charge in [0.15, 0.2) is 6.29 Å². The van der Waals surface area contributed by atoms with E-state index in [1.54, 1.807) is 0 Å². The molecular formula is C8H5ClF3NO. The van der Waals surface area contributed by atoms with Gasteiger partial charge < -0.3 is 5.73 Å². The highest BCUT2D eigenvalue weighted by molar-refractivity contribution is 6.35. The normalized spacial score (nSPS) is 11.4. The van der Waals surface area contributed by atoms with Crippen molar-refractivity contribution in [2.75, 3.05) is 5.73 Å². The number of benzene rings is 1. The van der Waals surface area contributed by atoms with Gasteiger partial charge in [0.25, 0.3) is 0 Å². The van der Waals surface area contributed by atoms with Gasteiger partial charge in [0, 0.05) is 5.56 Å². The van der Waals surface area contributed by atoms with Crippen LogP contribution in [0.5, 0.6) is 0 Å². The third kappa shape index (κ3) is 1.98. The topological polar surface area (TPSA) is 43.1 Å². The predicted octanol–water partition coefficient (Wildman–Crippen LogP) is 2.75. The number of hydrogen-bond acceptors (Lipinski definition) is 2. The largest absolute Gasteiger partial charge is 0.416 e. The minimum absolute atomic E-state index is 0.159. The van der Waals surface area contributed by atoms with Crippen LogP contribution < -0.4 is 5.73 Å². The number of hydrogen-bond donors (Lipinski definition) is 1. The molecule has 0 aliphatic carbocycles. The molecule has 1 rings (SSSR count). The third-order valence-corrected chi connectivity index (χ3v) is 2.02. The summed E-state index contributed by atoms with van der Waals surface area (Å²) in [5.74, 6) is 0. The van der Waals surface area contributed by atoms with Gasteiger partial charge in [-0.3, -0.25) is 4.79 Å². The van der Waals surface area contributed by atoms with Crippen LogP contribution in [-0.2, 0) is 6.18 Å². The summed E-state index contributed by atoms with van der Waals surface area (Å²) in [6, 6.07) is 1.35. The summed E-state index contributed by atoms with van der Waals surface area (Å²) in [5, 5.41) is -0.159. The fourth-order valence-electron chi connectivity index (χ4n) is 0.920. The van der Waals surface area contributed by atoms with Crippen LogP contribution in [0, 0.1) is 0 Å². The number of alkyl halides is 3. The molecule has 2 N–H and O–H groups in total. The van der Waals surface area contributed by atoms with Crippen molar-refractivity contribution in [3.63, 3.8) is 0 Å². The maximum absolute atomic E-state index is 12.2. The molecule has 0 radical (unpaired) electrons.